The van der Waals surface area contributed by atoms with Crippen LogP contribution >= 0.6 is 0 Å². The van der Waals surface area contributed by atoms with E-state index in [-0.39, 0.29) is 17.0 Å². The Morgan fingerprint density at radius 2 is 1.85 bits per heavy atom. The molecule has 0 aliphatic carbocycles. The molecule has 2 unspecified atom stereocenters. The molecule has 2 heterocycles. The van der Waals surface area contributed by atoms with Crippen LogP contribution in [0.5, 0.6) is 0 Å². The topological polar surface area (TPSA) is 79.4 Å². The van der Waals surface area contributed by atoms with Gasteiger partial charge in [0.1, 0.15) is 0 Å². The first kappa shape index (κ1) is 18.4. The van der Waals surface area contributed by atoms with Gasteiger partial charge in [-0.05, 0) is 48.7 Å². The summed E-state index contributed by atoms with van der Waals surface area (Å²) in [7, 11) is -3.21. The van der Waals surface area contributed by atoms with Crippen molar-refractivity contribution < 1.29 is 13.2 Å². The molecule has 1 aromatic heterocycles. The average molecular weight is 373 g/mol. The number of nitrogens with zero attached hydrogens (tertiary/aromatic N) is 2. The monoisotopic (exact) mass is 373 g/mol. The van der Waals surface area contributed by atoms with Crippen molar-refractivity contribution >= 4 is 15.9 Å². The number of sulfone groups is 1. The van der Waals surface area contributed by atoms with Gasteiger partial charge in [-0.15, -0.1) is 0 Å². The normalized spacial score (nSPS) is 18.5. The van der Waals surface area contributed by atoms with Gasteiger partial charge in [0.25, 0.3) is 0 Å². The van der Waals surface area contributed by atoms with E-state index in [0.29, 0.717) is 12.5 Å². The van der Waals surface area contributed by atoms with E-state index in [4.69, 9.17) is 0 Å². The van der Waals surface area contributed by atoms with Crippen molar-refractivity contribution in [3.05, 3.63) is 59.9 Å². The first-order valence-corrected chi connectivity index (χ1v) is 10.5. The fourth-order valence-electron chi connectivity index (χ4n) is 3.22. The zero-order valence-electron chi connectivity index (χ0n) is 14.9. The maximum atomic E-state index is 12.5. The number of pyridine rings is 1. The molecule has 1 aliphatic rings. The highest BCUT2D eigenvalue weighted by Gasteiger charge is 2.28. The third kappa shape index (κ3) is 4.22. The molecule has 6 nitrogen and oxygen atoms in total. The van der Waals surface area contributed by atoms with Gasteiger partial charge in [0.15, 0.2) is 9.84 Å². The lowest BCUT2D eigenvalue weighted by atomic mass is 10.00. The molecular formula is C19H23N3O3S. The summed E-state index contributed by atoms with van der Waals surface area (Å²) in [5.41, 5.74) is 2.08. The van der Waals surface area contributed by atoms with Crippen molar-refractivity contribution in [2.75, 3.05) is 19.3 Å². The van der Waals surface area contributed by atoms with Crippen LogP contribution < -0.4 is 5.32 Å². The first-order valence-electron chi connectivity index (χ1n) is 8.60. The van der Waals surface area contributed by atoms with Gasteiger partial charge >= 0.3 is 6.03 Å². The Labute approximate surface area is 154 Å². The fraction of sp³-hybridized carbons (Fsp3) is 0.368. The third-order valence-corrected chi connectivity index (χ3v) is 5.93. The summed E-state index contributed by atoms with van der Waals surface area (Å²) < 4.78 is 23.1. The minimum absolute atomic E-state index is 0.0961. The number of amides is 2. The number of rotatable bonds is 4. The lowest BCUT2D eigenvalue weighted by Gasteiger charge is -2.21. The molecule has 0 radical (unpaired) electrons. The molecule has 2 atom stereocenters. The van der Waals surface area contributed by atoms with Gasteiger partial charge in [-0.2, -0.15) is 0 Å². The molecule has 2 amide bonds. The zero-order valence-corrected chi connectivity index (χ0v) is 15.7. The number of hydrogen-bond acceptors (Lipinski definition) is 4. The van der Waals surface area contributed by atoms with Gasteiger partial charge in [-0.1, -0.05) is 12.1 Å². The van der Waals surface area contributed by atoms with Crippen LogP contribution in [0.15, 0.2) is 53.7 Å². The Hall–Kier alpha value is -2.41. The number of aromatic nitrogens is 1. The summed E-state index contributed by atoms with van der Waals surface area (Å²) in [5.74, 6) is 0.341. The summed E-state index contributed by atoms with van der Waals surface area (Å²) in [6.07, 6.45) is 5.68. The summed E-state index contributed by atoms with van der Waals surface area (Å²) in [6, 6.07) is 10.3. The molecule has 3 rings (SSSR count). The standard InChI is InChI=1S/C19H23N3O3S/c1-14(15-3-5-18(6-4-15)26(2,24)25)21-19(23)22-12-9-17(13-22)16-7-10-20-11-8-16/h3-8,10-11,14,17H,9,12-13H2,1-2H3,(H,21,23). The molecule has 1 aliphatic heterocycles. The Kier molecular flexibility index (Phi) is 5.27. The minimum Gasteiger partial charge on any atom is -0.331 e. The molecule has 138 valence electrons. The fourth-order valence-corrected chi connectivity index (χ4v) is 3.85. The van der Waals surface area contributed by atoms with E-state index >= 15 is 0 Å². The van der Waals surface area contributed by atoms with Crippen LogP contribution in [-0.4, -0.2) is 43.7 Å². The van der Waals surface area contributed by atoms with Crippen molar-refractivity contribution in [3.8, 4) is 0 Å². The summed E-state index contributed by atoms with van der Waals surface area (Å²) >= 11 is 0. The van der Waals surface area contributed by atoms with E-state index in [2.05, 4.69) is 10.3 Å². The molecule has 26 heavy (non-hydrogen) atoms. The van der Waals surface area contributed by atoms with Gasteiger partial charge in [-0.25, -0.2) is 13.2 Å². The predicted octanol–water partition coefficient (Wildman–Crippen LogP) is 2.75. The van der Waals surface area contributed by atoms with E-state index in [1.165, 1.54) is 11.8 Å². The zero-order chi connectivity index (χ0) is 18.7. The van der Waals surface area contributed by atoms with Crippen molar-refractivity contribution in [1.82, 2.24) is 15.2 Å². The number of hydrogen-bond donors (Lipinski definition) is 1. The number of nitrogens with one attached hydrogen (secondary N) is 1. The summed E-state index contributed by atoms with van der Waals surface area (Å²) in [6.45, 7) is 3.30. The lowest BCUT2D eigenvalue weighted by Crippen LogP contribution is -2.39. The minimum atomic E-state index is -3.21. The van der Waals surface area contributed by atoms with E-state index in [1.54, 1.807) is 36.7 Å². The quantitative estimate of drug-likeness (QED) is 0.894. The van der Waals surface area contributed by atoms with Crippen LogP contribution in [0.1, 0.15) is 36.4 Å². The number of carbonyl (C=O) groups excluding carboxylic acids is 1. The second-order valence-electron chi connectivity index (χ2n) is 6.72. The molecule has 7 heteroatoms. The molecule has 2 aromatic rings. The van der Waals surface area contributed by atoms with E-state index < -0.39 is 9.84 Å². The average Bonchev–Trinajstić information content (AvgIpc) is 3.12. The van der Waals surface area contributed by atoms with Gasteiger partial charge in [-0.3, -0.25) is 4.98 Å². The smallest absolute Gasteiger partial charge is 0.317 e. The number of urea groups is 1. The maximum Gasteiger partial charge on any atom is 0.317 e. The molecular weight excluding hydrogens is 350 g/mol. The van der Waals surface area contributed by atoms with E-state index in [0.717, 1.165) is 18.5 Å². The Balaban J connectivity index is 1.59. The van der Waals surface area contributed by atoms with Crippen LogP contribution in [0.2, 0.25) is 0 Å². The Bertz CT molecular complexity index is 867. The van der Waals surface area contributed by atoms with Gasteiger partial charge in [0, 0.05) is 37.7 Å². The SMILES string of the molecule is CC(NC(=O)N1CCC(c2ccncc2)C1)c1ccc(S(C)(=O)=O)cc1. The Morgan fingerprint density at radius 3 is 2.46 bits per heavy atom. The molecule has 0 spiro atoms. The maximum absolute atomic E-state index is 12.5. The molecule has 1 fully saturated rings. The third-order valence-electron chi connectivity index (χ3n) is 4.80. The lowest BCUT2D eigenvalue weighted by molar-refractivity contribution is 0.205. The van der Waals surface area contributed by atoms with Gasteiger partial charge < -0.3 is 10.2 Å². The van der Waals surface area contributed by atoms with Crippen LogP contribution in [0.3, 0.4) is 0 Å². The summed E-state index contributed by atoms with van der Waals surface area (Å²) in [4.78, 5) is 18.7. The number of likely N-dealkylation sites (tertiary alicyclic amines) is 1. The highest BCUT2D eigenvalue weighted by Crippen LogP contribution is 2.27. The van der Waals surface area contributed by atoms with Crippen molar-refractivity contribution in [2.24, 2.45) is 0 Å². The van der Waals surface area contributed by atoms with Gasteiger partial charge in [0.2, 0.25) is 0 Å². The predicted molar refractivity (Wildman–Crippen MR) is 99.7 cm³/mol. The first-order chi connectivity index (χ1) is 12.3. The highest BCUT2D eigenvalue weighted by atomic mass is 32.2. The van der Waals surface area contributed by atoms with Crippen LogP contribution in [0.25, 0.3) is 0 Å². The molecule has 1 N–H and O–H groups in total. The molecule has 1 saturated heterocycles. The van der Waals surface area contributed by atoms with E-state index in [9.17, 15) is 13.2 Å². The largest absolute Gasteiger partial charge is 0.331 e. The van der Waals surface area contributed by atoms with Crippen LogP contribution in [-0.2, 0) is 9.84 Å². The second-order valence-corrected chi connectivity index (χ2v) is 8.74. The highest BCUT2D eigenvalue weighted by molar-refractivity contribution is 7.90. The van der Waals surface area contributed by atoms with Crippen molar-refractivity contribution in [1.29, 1.82) is 0 Å². The van der Waals surface area contributed by atoms with Crippen LogP contribution in [0.4, 0.5) is 4.79 Å². The summed E-state index contributed by atoms with van der Waals surface area (Å²) in [5, 5.41) is 2.99. The van der Waals surface area contributed by atoms with Crippen molar-refractivity contribution in [2.45, 2.75) is 30.2 Å². The molecule has 0 bridgehead atoms. The van der Waals surface area contributed by atoms with Crippen LogP contribution in [0, 0.1) is 0 Å². The molecule has 0 saturated carbocycles. The van der Waals surface area contributed by atoms with Gasteiger partial charge in [0.05, 0.1) is 10.9 Å². The number of carbonyl (C=O) groups is 1. The Morgan fingerprint density at radius 1 is 1.19 bits per heavy atom. The molecule has 1 aromatic carbocycles. The van der Waals surface area contributed by atoms with E-state index in [1.807, 2.05) is 24.0 Å². The second kappa shape index (κ2) is 7.45. The number of benzene rings is 1. The van der Waals surface area contributed by atoms with Crippen molar-refractivity contribution in [3.63, 3.8) is 0 Å².